The molecule has 0 aliphatic rings. The molecule has 1 amide bonds. The number of aromatic nitrogens is 3. The fourth-order valence-corrected chi connectivity index (χ4v) is 3.08. The zero-order valence-electron chi connectivity index (χ0n) is 10.1. The molecule has 0 saturated heterocycles. The van der Waals surface area contributed by atoms with Crippen LogP contribution in [0.2, 0.25) is 10.0 Å². The third-order valence-corrected chi connectivity index (χ3v) is 4.26. The Hall–Kier alpha value is -1.28. The van der Waals surface area contributed by atoms with Crippen LogP contribution < -0.4 is 5.32 Å². The summed E-state index contributed by atoms with van der Waals surface area (Å²) >= 11 is 16.4. The molecule has 0 aliphatic heterocycles. The lowest BCUT2D eigenvalue weighted by molar-refractivity contribution is 0.102. The van der Waals surface area contributed by atoms with Gasteiger partial charge in [-0.2, -0.15) is 8.75 Å². The molecular formula is C12H5BrCl2N4OS. The maximum atomic E-state index is 12.2. The number of hydrogen-bond donors (Lipinski definition) is 1. The Labute approximate surface area is 141 Å². The minimum absolute atomic E-state index is 0.304. The van der Waals surface area contributed by atoms with E-state index in [0.717, 1.165) is 11.7 Å². The summed E-state index contributed by atoms with van der Waals surface area (Å²) < 4.78 is 8.85. The van der Waals surface area contributed by atoms with Gasteiger partial charge in [0.1, 0.15) is 15.6 Å². The molecule has 1 N–H and O–H groups in total. The zero-order chi connectivity index (χ0) is 15.0. The molecule has 0 atom stereocenters. The minimum atomic E-state index is -0.339. The maximum Gasteiger partial charge on any atom is 0.257 e. The Morgan fingerprint density at radius 2 is 1.95 bits per heavy atom. The van der Waals surface area contributed by atoms with Crippen LogP contribution in [0.3, 0.4) is 0 Å². The number of amides is 1. The van der Waals surface area contributed by atoms with Crippen LogP contribution in [0.1, 0.15) is 10.4 Å². The molecule has 2 heterocycles. The van der Waals surface area contributed by atoms with Crippen LogP contribution in [0.5, 0.6) is 0 Å². The van der Waals surface area contributed by atoms with Gasteiger partial charge in [-0.25, -0.2) is 4.98 Å². The molecule has 3 aromatic rings. The molecule has 0 bridgehead atoms. The van der Waals surface area contributed by atoms with Gasteiger partial charge in [-0.3, -0.25) is 4.79 Å². The van der Waals surface area contributed by atoms with Gasteiger partial charge in [-0.1, -0.05) is 23.2 Å². The van der Waals surface area contributed by atoms with Crippen molar-refractivity contribution >= 4 is 73.5 Å². The molecule has 21 heavy (non-hydrogen) atoms. The van der Waals surface area contributed by atoms with E-state index in [1.165, 1.54) is 12.3 Å². The summed E-state index contributed by atoms with van der Waals surface area (Å²) in [6.45, 7) is 0. The van der Waals surface area contributed by atoms with E-state index in [4.69, 9.17) is 23.2 Å². The van der Waals surface area contributed by atoms with E-state index in [1.54, 1.807) is 12.1 Å². The fourth-order valence-electron chi connectivity index (χ4n) is 1.69. The molecule has 0 radical (unpaired) electrons. The molecule has 0 fully saturated rings. The number of rotatable bonds is 2. The molecule has 2 aromatic heterocycles. The number of carbonyl (C=O) groups excluding carboxylic acids is 1. The average molecular weight is 404 g/mol. The van der Waals surface area contributed by atoms with Crippen molar-refractivity contribution in [2.45, 2.75) is 0 Å². The Morgan fingerprint density at radius 3 is 2.67 bits per heavy atom. The van der Waals surface area contributed by atoms with Crippen LogP contribution in [0.25, 0.3) is 11.0 Å². The van der Waals surface area contributed by atoms with Gasteiger partial charge in [0.25, 0.3) is 5.91 Å². The van der Waals surface area contributed by atoms with Crippen molar-refractivity contribution in [3.05, 3.63) is 44.6 Å². The fraction of sp³-hybridized carbons (Fsp3) is 0. The van der Waals surface area contributed by atoms with Gasteiger partial charge in [-0.15, -0.1) is 0 Å². The first-order chi connectivity index (χ1) is 10.1. The number of anilines is 1. The van der Waals surface area contributed by atoms with Gasteiger partial charge >= 0.3 is 0 Å². The van der Waals surface area contributed by atoms with Gasteiger partial charge in [0.15, 0.2) is 0 Å². The molecule has 0 saturated carbocycles. The lowest BCUT2D eigenvalue weighted by Gasteiger charge is -2.08. The van der Waals surface area contributed by atoms with E-state index in [2.05, 4.69) is 35.0 Å². The summed E-state index contributed by atoms with van der Waals surface area (Å²) in [6.07, 6.45) is 1.46. The second-order valence-corrected chi connectivity index (χ2v) is 6.16. The number of halogens is 3. The molecule has 3 rings (SSSR count). The molecule has 9 heteroatoms. The van der Waals surface area contributed by atoms with Crippen molar-refractivity contribution in [3.63, 3.8) is 0 Å². The van der Waals surface area contributed by atoms with E-state index >= 15 is 0 Å². The van der Waals surface area contributed by atoms with Gasteiger partial charge in [0.2, 0.25) is 0 Å². The second kappa shape index (κ2) is 5.84. The van der Waals surface area contributed by atoms with Gasteiger partial charge in [0, 0.05) is 6.20 Å². The minimum Gasteiger partial charge on any atom is -0.319 e. The smallest absolute Gasteiger partial charge is 0.257 e. The SMILES string of the molecule is O=C(Nc1c(Cl)cc(Cl)c2nsnc12)c1ccc(Br)nc1. The normalized spacial score (nSPS) is 10.8. The highest BCUT2D eigenvalue weighted by Gasteiger charge is 2.17. The number of pyridine rings is 1. The van der Waals surface area contributed by atoms with Crippen LogP contribution in [0.15, 0.2) is 29.0 Å². The highest BCUT2D eigenvalue weighted by Crippen LogP contribution is 2.35. The average Bonchev–Trinajstić information content (AvgIpc) is 2.93. The second-order valence-electron chi connectivity index (χ2n) is 4.00. The lowest BCUT2D eigenvalue weighted by Crippen LogP contribution is -2.13. The highest BCUT2D eigenvalue weighted by molar-refractivity contribution is 9.10. The van der Waals surface area contributed by atoms with Crippen LogP contribution in [0.4, 0.5) is 5.69 Å². The molecule has 0 aliphatic carbocycles. The van der Waals surface area contributed by atoms with Crippen molar-refractivity contribution in [3.8, 4) is 0 Å². The maximum absolute atomic E-state index is 12.2. The molecular weight excluding hydrogens is 399 g/mol. The van der Waals surface area contributed by atoms with Crippen LogP contribution in [-0.2, 0) is 0 Å². The van der Waals surface area contributed by atoms with Gasteiger partial charge in [-0.05, 0) is 34.1 Å². The van der Waals surface area contributed by atoms with E-state index < -0.39 is 0 Å². The molecule has 0 spiro atoms. The highest BCUT2D eigenvalue weighted by atomic mass is 79.9. The molecule has 106 valence electrons. The first kappa shape index (κ1) is 14.6. The third kappa shape index (κ3) is 2.87. The number of carbonyl (C=O) groups is 1. The van der Waals surface area contributed by atoms with Gasteiger partial charge < -0.3 is 5.32 Å². The largest absolute Gasteiger partial charge is 0.319 e. The number of nitrogens with one attached hydrogen (secondary N) is 1. The predicted octanol–water partition coefficient (Wildman–Crippen LogP) is 4.41. The standard InChI is InChI=1S/C12H5BrCl2N4OS/c13-8-2-1-5(4-16-8)12(20)17-9-6(14)3-7(15)10-11(9)19-21-18-10/h1-4H,(H,17,20). The monoisotopic (exact) mass is 402 g/mol. The van der Waals surface area contributed by atoms with E-state index in [0.29, 0.717) is 36.9 Å². The molecule has 0 unspecified atom stereocenters. The first-order valence-corrected chi connectivity index (χ1v) is 7.87. The Balaban J connectivity index is 2.00. The number of benzene rings is 1. The Morgan fingerprint density at radius 1 is 1.19 bits per heavy atom. The first-order valence-electron chi connectivity index (χ1n) is 5.59. The summed E-state index contributed by atoms with van der Waals surface area (Å²) in [7, 11) is 0. The third-order valence-electron chi connectivity index (χ3n) is 2.67. The van der Waals surface area contributed by atoms with E-state index in [1.807, 2.05) is 0 Å². The number of fused-ring (bicyclic) bond motifs is 1. The van der Waals surface area contributed by atoms with Crippen molar-refractivity contribution in [2.24, 2.45) is 0 Å². The number of nitrogens with zero attached hydrogens (tertiary/aromatic N) is 3. The summed E-state index contributed by atoms with van der Waals surface area (Å²) in [5.41, 5.74) is 1.77. The Bertz CT molecular complexity index is 837. The van der Waals surface area contributed by atoms with Crippen molar-refractivity contribution in [1.29, 1.82) is 0 Å². The summed E-state index contributed by atoms with van der Waals surface area (Å²) in [6, 6.07) is 4.85. The predicted molar refractivity (Wildman–Crippen MR) is 87.3 cm³/mol. The van der Waals surface area contributed by atoms with Crippen molar-refractivity contribution in [1.82, 2.24) is 13.7 Å². The van der Waals surface area contributed by atoms with Gasteiger partial charge in [0.05, 0.1) is 33.0 Å². The summed E-state index contributed by atoms with van der Waals surface area (Å²) in [5, 5.41) is 3.42. The van der Waals surface area contributed by atoms with Crippen molar-refractivity contribution < 1.29 is 4.79 Å². The molecule has 1 aromatic carbocycles. The van der Waals surface area contributed by atoms with E-state index in [-0.39, 0.29) is 5.91 Å². The number of hydrogen-bond acceptors (Lipinski definition) is 5. The lowest BCUT2D eigenvalue weighted by atomic mass is 10.2. The molecule has 5 nitrogen and oxygen atoms in total. The van der Waals surface area contributed by atoms with Crippen LogP contribution in [-0.4, -0.2) is 19.6 Å². The quantitative estimate of drug-likeness (QED) is 0.643. The zero-order valence-corrected chi connectivity index (χ0v) is 14.0. The van der Waals surface area contributed by atoms with Crippen molar-refractivity contribution in [2.75, 3.05) is 5.32 Å². The van der Waals surface area contributed by atoms with E-state index in [9.17, 15) is 4.79 Å². The Kier molecular flexibility index (Phi) is 4.08. The van der Waals surface area contributed by atoms with Crippen LogP contribution >= 0.6 is 50.9 Å². The topological polar surface area (TPSA) is 67.8 Å². The summed E-state index contributed by atoms with van der Waals surface area (Å²) in [4.78, 5) is 16.2. The van der Waals surface area contributed by atoms with Crippen LogP contribution in [0, 0.1) is 0 Å². The summed E-state index contributed by atoms with van der Waals surface area (Å²) in [5.74, 6) is -0.339.